The number of carbonyl (C=O) groups excluding carboxylic acids is 1. The fourth-order valence-corrected chi connectivity index (χ4v) is 2.35. The first-order valence-corrected chi connectivity index (χ1v) is 7.36. The first-order chi connectivity index (χ1) is 8.62. The third kappa shape index (κ3) is 4.10. The highest BCUT2D eigenvalue weighted by Gasteiger charge is 2.10. The predicted molar refractivity (Wildman–Crippen MR) is 77.4 cm³/mol. The van der Waals surface area contributed by atoms with Gasteiger partial charge in [-0.1, -0.05) is 0 Å². The van der Waals surface area contributed by atoms with Crippen molar-refractivity contribution < 1.29 is 14.3 Å². The van der Waals surface area contributed by atoms with Gasteiger partial charge in [0, 0.05) is 22.5 Å². The van der Waals surface area contributed by atoms with Crippen molar-refractivity contribution in [2.75, 3.05) is 27.0 Å². The molecule has 0 unspecified atom stereocenters. The van der Waals surface area contributed by atoms with Crippen LogP contribution < -0.4 is 14.8 Å². The van der Waals surface area contributed by atoms with E-state index in [1.165, 1.54) is 0 Å². The van der Waals surface area contributed by atoms with E-state index in [0.717, 1.165) is 22.0 Å². The Hall–Kier alpha value is -0.880. The van der Waals surface area contributed by atoms with Gasteiger partial charge in [-0.05, 0) is 30.4 Å². The highest BCUT2D eigenvalue weighted by molar-refractivity contribution is 9.18. The van der Waals surface area contributed by atoms with Crippen molar-refractivity contribution in [3.63, 3.8) is 0 Å². The number of carbonyl (C=O) groups is 1. The molecule has 1 aromatic carbocycles. The molecule has 0 bridgehead atoms. The zero-order valence-corrected chi connectivity index (χ0v) is 13.0. The van der Waals surface area contributed by atoms with Crippen LogP contribution in [-0.4, -0.2) is 31.8 Å². The molecule has 0 radical (unpaired) electrons. The van der Waals surface area contributed by atoms with Crippen LogP contribution in [0.25, 0.3) is 0 Å². The number of halogens is 1. The van der Waals surface area contributed by atoms with Gasteiger partial charge in [0.05, 0.1) is 19.1 Å². The van der Waals surface area contributed by atoms with Crippen LogP contribution in [0.1, 0.15) is 5.56 Å². The van der Waals surface area contributed by atoms with Gasteiger partial charge >= 0.3 is 0 Å². The maximum atomic E-state index is 10.8. The van der Waals surface area contributed by atoms with Crippen LogP contribution in [0.5, 0.6) is 11.5 Å². The normalized spacial score (nSPS) is 10.0. The number of hydrogen-bond donors (Lipinski definition) is 1. The molecule has 0 fully saturated rings. The molecule has 4 nitrogen and oxygen atoms in total. The summed E-state index contributed by atoms with van der Waals surface area (Å²) in [4.78, 5) is 11.6. The summed E-state index contributed by atoms with van der Waals surface area (Å²) in [5.41, 5.74) is 1.01. The number of benzene rings is 1. The van der Waals surface area contributed by atoms with E-state index >= 15 is 0 Å². The molecule has 100 valence electrons. The minimum atomic E-state index is -0.214. The Labute approximate surface area is 120 Å². The van der Waals surface area contributed by atoms with E-state index in [0.29, 0.717) is 13.0 Å². The molecular weight excluding hydrogens is 318 g/mol. The van der Waals surface area contributed by atoms with Crippen LogP contribution in [0.15, 0.2) is 17.0 Å². The Balaban J connectivity index is 2.91. The number of amides is 1. The van der Waals surface area contributed by atoms with Crippen molar-refractivity contribution in [2.45, 2.75) is 11.3 Å². The number of nitrogens with one attached hydrogen (secondary N) is 1. The Bertz CT molecular complexity index is 426. The lowest BCUT2D eigenvalue weighted by molar-refractivity contribution is 0.262. The molecular formula is C12H16BrNO3S. The summed E-state index contributed by atoms with van der Waals surface area (Å²) in [5, 5.41) is 2.69. The monoisotopic (exact) mass is 333 g/mol. The number of ether oxygens (including phenoxy) is 2. The molecule has 1 aromatic rings. The van der Waals surface area contributed by atoms with Gasteiger partial charge in [-0.15, -0.1) is 11.8 Å². The Morgan fingerprint density at radius 2 is 2.00 bits per heavy atom. The fourth-order valence-electron chi connectivity index (χ4n) is 1.58. The summed E-state index contributed by atoms with van der Waals surface area (Å²) in [7, 11) is 3.28. The number of thioether (sulfide) groups is 1. The summed E-state index contributed by atoms with van der Waals surface area (Å²) < 4.78 is 10.7. The highest BCUT2D eigenvalue weighted by atomic mass is 79.9. The van der Waals surface area contributed by atoms with Crippen LogP contribution in [0.3, 0.4) is 0 Å². The molecule has 0 saturated carbocycles. The highest BCUT2D eigenvalue weighted by Crippen LogP contribution is 2.34. The average Bonchev–Trinajstić information content (AvgIpc) is 2.37. The lowest BCUT2D eigenvalue weighted by Crippen LogP contribution is -2.19. The molecule has 0 aromatic heterocycles. The Kier molecular flexibility index (Phi) is 6.35. The van der Waals surface area contributed by atoms with Crippen molar-refractivity contribution in [2.24, 2.45) is 0 Å². The maximum Gasteiger partial charge on any atom is 0.287 e. The van der Waals surface area contributed by atoms with Crippen molar-refractivity contribution in [1.29, 1.82) is 0 Å². The van der Waals surface area contributed by atoms with E-state index in [1.807, 2.05) is 18.4 Å². The summed E-state index contributed by atoms with van der Waals surface area (Å²) in [6.07, 6.45) is 2.67. The van der Waals surface area contributed by atoms with Crippen LogP contribution in [0, 0.1) is 0 Å². The van der Waals surface area contributed by atoms with Crippen LogP contribution in [0.2, 0.25) is 0 Å². The molecule has 0 heterocycles. The molecule has 0 spiro atoms. The van der Waals surface area contributed by atoms with E-state index < -0.39 is 0 Å². The molecule has 0 atom stereocenters. The number of rotatable bonds is 6. The summed E-state index contributed by atoms with van der Waals surface area (Å²) in [5.74, 6) is 1.63. The molecule has 6 heteroatoms. The molecule has 0 aliphatic heterocycles. The maximum absolute atomic E-state index is 10.8. The second-order valence-electron chi connectivity index (χ2n) is 3.47. The molecule has 0 aliphatic rings. The van der Waals surface area contributed by atoms with Crippen LogP contribution in [-0.2, 0) is 6.42 Å². The lowest BCUT2D eigenvalue weighted by atomic mass is 10.1. The van der Waals surface area contributed by atoms with Gasteiger partial charge in [0.1, 0.15) is 11.5 Å². The number of hydrogen-bond acceptors (Lipinski definition) is 4. The smallest absolute Gasteiger partial charge is 0.287 e. The van der Waals surface area contributed by atoms with Gasteiger partial charge in [-0.3, -0.25) is 4.79 Å². The van der Waals surface area contributed by atoms with Crippen molar-refractivity contribution in [1.82, 2.24) is 5.32 Å². The van der Waals surface area contributed by atoms with E-state index in [9.17, 15) is 4.79 Å². The second kappa shape index (κ2) is 7.53. The SMILES string of the molecule is COc1cc(SC)c(OC)cc1CCNC(=O)Br. The van der Waals surface area contributed by atoms with Gasteiger partial charge in [0.15, 0.2) is 0 Å². The van der Waals surface area contributed by atoms with Gasteiger partial charge in [0.25, 0.3) is 4.82 Å². The molecule has 1 N–H and O–H groups in total. The van der Waals surface area contributed by atoms with Gasteiger partial charge in [0.2, 0.25) is 0 Å². The lowest BCUT2D eigenvalue weighted by Gasteiger charge is -2.13. The van der Waals surface area contributed by atoms with Crippen molar-refractivity contribution in [3.05, 3.63) is 17.7 Å². The van der Waals surface area contributed by atoms with E-state index in [2.05, 4.69) is 21.2 Å². The van der Waals surface area contributed by atoms with Crippen molar-refractivity contribution >= 4 is 32.5 Å². The second-order valence-corrected chi connectivity index (χ2v) is 5.04. The van der Waals surface area contributed by atoms with Crippen LogP contribution >= 0.6 is 27.7 Å². The Morgan fingerprint density at radius 3 is 2.50 bits per heavy atom. The van der Waals surface area contributed by atoms with Crippen LogP contribution in [0.4, 0.5) is 4.79 Å². The molecule has 1 rings (SSSR count). The van der Waals surface area contributed by atoms with E-state index in [1.54, 1.807) is 26.0 Å². The summed E-state index contributed by atoms with van der Waals surface area (Å²) >= 11 is 4.43. The van der Waals surface area contributed by atoms with Gasteiger partial charge in [-0.2, -0.15) is 0 Å². The third-order valence-corrected chi connectivity index (χ3v) is 3.48. The van der Waals surface area contributed by atoms with E-state index in [-0.39, 0.29) is 4.82 Å². The standard InChI is InChI=1S/C12H16BrNO3S/c1-16-9-7-11(18-3)10(17-2)6-8(9)4-5-14-12(13)15/h6-7H,4-5H2,1-3H3,(H,14,15). The summed E-state index contributed by atoms with van der Waals surface area (Å²) in [6, 6.07) is 3.90. The molecule has 0 aliphatic carbocycles. The molecule has 18 heavy (non-hydrogen) atoms. The zero-order chi connectivity index (χ0) is 13.5. The minimum Gasteiger partial charge on any atom is -0.496 e. The van der Waals surface area contributed by atoms with E-state index in [4.69, 9.17) is 9.47 Å². The largest absolute Gasteiger partial charge is 0.496 e. The topological polar surface area (TPSA) is 47.6 Å². The van der Waals surface area contributed by atoms with Crippen molar-refractivity contribution in [3.8, 4) is 11.5 Å². The number of methoxy groups -OCH3 is 2. The third-order valence-electron chi connectivity index (χ3n) is 2.44. The molecule has 1 amide bonds. The zero-order valence-electron chi connectivity index (χ0n) is 10.6. The fraction of sp³-hybridized carbons (Fsp3) is 0.417. The first kappa shape index (κ1) is 15.2. The average molecular weight is 334 g/mol. The minimum absolute atomic E-state index is 0.214. The first-order valence-electron chi connectivity index (χ1n) is 5.34. The van der Waals surface area contributed by atoms with Gasteiger partial charge < -0.3 is 14.8 Å². The summed E-state index contributed by atoms with van der Waals surface area (Å²) in [6.45, 7) is 0.544. The predicted octanol–water partition coefficient (Wildman–Crippen LogP) is 3.07. The quantitative estimate of drug-likeness (QED) is 0.493. The van der Waals surface area contributed by atoms with Gasteiger partial charge in [-0.25, -0.2) is 0 Å². The Morgan fingerprint density at radius 1 is 1.33 bits per heavy atom. The molecule has 0 saturated heterocycles.